The van der Waals surface area contributed by atoms with Crippen LogP contribution in [0.3, 0.4) is 0 Å². The molecule has 27 heavy (non-hydrogen) atoms. The van der Waals surface area contributed by atoms with Gasteiger partial charge in [-0.2, -0.15) is 0 Å². The van der Waals surface area contributed by atoms with Crippen molar-refractivity contribution in [3.8, 4) is 0 Å². The molecule has 0 aliphatic carbocycles. The van der Waals surface area contributed by atoms with E-state index in [4.69, 9.17) is 0 Å². The lowest BCUT2D eigenvalue weighted by Crippen LogP contribution is -2.21. The molecule has 0 saturated carbocycles. The summed E-state index contributed by atoms with van der Waals surface area (Å²) in [6, 6.07) is 12.8. The Labute approximate surface area is 161 Å². The summed E-state index contributed by atoms with van der Waals surface area (Å²) in [6.45, 7) is 0.323. The van der Waals surface area contributed by atoms with Gasteiger partial charge in [0.25, 0.3) is 0 Å². The SMILES string of the molecule is O=C(CSc1nncs1)Nc1cccc(Cn2nc3ccccn3c2=O)c1. The van der Waals surface area contributed by atoms with Crippen LogP contribution in [0.25, 0.3) is 5.65 Å². The quantitative estimate of drug-likeness (QED) is 0.500. The smallest absolute Gasteiger partial charge is 0.325 e. The predicted octanol–water partition coefficient (Wildman–Crippen LogP) is 2.13. The maximum atomic E-state index is 12.4. The molecular weight excluding hydrogens is 384 g/mol. The zero-order valence-electron chi connectivity index (χ0n) is 14.0. The molecule has 3 heterocycles. The molecule has 4 aromatic rings. The maximum absolute atomic E-state index is 12.4. The fourth-order valence-electron chi connectivity index (χ4n) is 2.54. The minimum absolute atomic E-state index is 0.128. The highest BCUT2D eigenvalue weighted by Crippen LogP contribution is 2.19. The van der Waals surface area contributed by atoms with Crippen molar-refractivity contribution < 1.29 is 4.79 Å². The van der Waals surface area contributed by atoms with E-state index < -0.39 is 0 Å². The Morgan fingerprint density at radius 2 is 2.15 bits per heavy atom. The minimum Gasteiger partial charge on any atom is -0.325 e. The zero-order chi connectivity index (χ0) is 18.6. The Morgan fingerprint density at radius 3 is 2.96 bits per heavy atom. The molecule has 0 aliphatic rings. The van der Waals surface area contributed by atoms with Crippen LogP contribution >= 0.6 is 23.1 Å². The van der Waals surface area contributed by atoms with Gasteiger partial charge in [-0.25, -0.2) is 9.48 Å². The van der Waals surface area contributed by atoms with Gasteiger partial charge in [-0.15, -0.1) is 15.3 Å². The Hall–Kier alpha value is -2.98. The zero-order valence-corrected chi connectivity index (χ0v) is 15.6. The number of hydrogen-bond donors (Lipinski definition) is 1. The molecule has 8 nitrogen and oxygen atoms in total. The molecule has 0 radical (unpaired) electrons. The van der Waals surface area contributed by atoms with E-state index in [1.165, 1.54) is 32.2 Å². The number of carbonyl (C=O) groups excluding carboxylic acids is 1. The van der Waals surface area contributed by atoms with Gasteiger partial charge >= 0.3 is 5.69 Å². The first-order chi connectivity index (χ1) is 13.2. The molecule has 136 valence electrons. The van der Waals surface area contributed by atoms with Gasteiger partial charge in [0.05, 0.1) is 12.3 Å². The highest BCUT2D eigenvalue weighted by Gasteiger charge is 2.09. The second-order valence-corrected chi connectivity index (χ2v) is 7.67. The summed E-state index contributed by atoms with van der Waals surface area (Å²) in [5.74, 6) is 0.128. The molecule has 0 unspecified atom stereocenters. The van der Waals surface area contributed by atoms with Crippen LogP contribution in [0.4, 0.5) is 5.69 Å². The molecule has 0 fully saturated rings. The average Bonchev–Trinajstić information content (AvgIpc) is 3.29. The number of pyridine rings is 1. The molecule has 4 rings (SSSR count). The first kappa shape index (κ1) is 17.4. The van der Waals surface area contributed by atoms with E-state index in [9.17, 15) is 9.59 Å². The Morgan fingerprint density at radius 1 is 1.22 bits per heavy atom. The van der Waals surface area contributed by atoms with Gasteiger partial charge in [-0.1, -0.05) is 41.3 Å². The molecule has 0 bridgehead atoms. The number of aromatic nitrogens is 5. The van der Waals surface area contributed by atoms with Crippen molar-refractivity contribution in [1.29, 1.82) is 0 Å². The summed E-state index contributed by atoms with van der Waals surface area (Å²) in [4.78, 5) is 24.5. The number of amides is 1. The van der Waals surface area contributed by atoms with E-state index >= 15 is 0 Å². The fourth-order valence-corrected chi connectivity index (χ4v) is 3.83. The van der Waals surface area contributed by atoms with Crippen molar-refractivity contribution in [2.24, 2.45) is 0 Å². The number of carbonyl (C=O) groups is 1. The van der Waals surface area contributed by atoms with Crippen LogP contribution in [0.1, 0.15) is 5.56 Å². The number of anilines is 1. The molecule has 1 aromatic carbocycles. The van der Waals surface area contributed by atoms with E-state index in [1.54, 1.807) is 23.8 Å². The number of benzene rings is 1. The van der Waals surface area contributed by atoms with Crippen molar-refractivity contribution in [3.05, 3.63) is 70.2 Å². The molecule has 10 heteroatoms. The summed E-state index contributed by atoms with van der Waals surface area (Å²) >= 11 is 2.74. The summed E-state index contributed by atoms with van der Waals surface area (Å²) in [7, 11) is 0. The highest BCUT2D eigenvalue weighted by molar-refractivity contribution is 8.01. The number of rotatable bonds is 6. The van der Waals surface area contributed by atoms with Crippen molar-refractivity contribution in [1.82, 2.24) is 24.4 Å². The third-order valence-electron chi connectivity index (χ3n) is 3.70. The van der Waals surface area contributed by atoms with E-state index in [0.717, 1.165) is 9.90 Å². The van der Waals surface area contributed by atoms with Gasteiger partial charge in [0.15, 0.2) is 9.99 Å². The third kappa shape index (κ3) is 4.07. The van der Waals surface area contributed by atoms with Crippen LogP contribution in [0.15, 0.2) is 63.3 Å². The normalized spacial score (nSPS) is 11.0. The van der Waals surface area contributed by atoms with Crippen LogP contribution in [-0.4, -0.2) is 36.0 Å². The Balaban J connectivity index is 1.44. The molecular formula is C17H14N6O2S2. The standard InChI is InChI=1S/C17H14N6O2S2/c24-15(10-26-16-20-18-11-27-16)19-13-5-3-4-12(8-13)9-23-17(25)22-7-2-1-6-14(22)21-23/h1-8,11H,9-10H2,(H,19,24). The third-order valence-corrected chi connectivity index (χ3v) is 5.56. The first-order valence-corrected chi connectivity index (χ1v) is 9.87. The summed E-state index contributed by atoms with van der Waals surface area (Å²) in [6.07, 6.45) is 1.69. The van der Waals surface area contributed by atoms with Gasteiger partial charge in [-0.3, -0.25) is 9.20 Å². The van der Waals surface area contributed by atoms with Gasteiger partial charge < -0.3 is 5.32 Å². The average molecular weight is 398 g/mol. The van der Waals surface area contributed by atoms with E-state index in [-0.39, 0.29) is 17.3 Å². The van der Waals surface area contributed by atoms with Crippen LogP contribution < -0.4 is 11.0 Å². The minimum atomic E-state index is -0.200. The van der Waals surface area contributed by atoms with Crippen LogP contribution in [-0.2, 0) is 11.3 Å². The van der Waals surface area contributed by atoms with E-state index in [2.05, 4.69) is 20.6 Å². The molecule has 1 N–H and O–H groups in total. The number of nitrogens with zero attached hydrogens (tertiary/aromatic N) is 5. The predicted molar refractivity (Wildman–Crippen MR) is 104 cm³/mol. The van der Waals surface area contributed by atoms with Gasteiger partial charge in [-0.05, 0) is 29.8 Å². The van der Waals surface area contributed by atoms with Gasteiger partial charge in [0.1, 0.15) is 5.51 Å². The van der Waals surface area contributed by atoms with Crippen molar-refractivity contribution in [3.63, 3.8) is 0 Å². The second kappa shape index (κ2) is 7.72. The van der Waals surface area contributed by atoms with Crippen molar-refractivity contribution in [2.75, 3.05) is 11.1 Å². The molecule has 3 aromatic heterocycles. The number of nitrogens with one attached hydrogen (secondary N) is 1. The van der Waals surface area contributed by atoms with Crippen LogP contribution in [0.5, 0.6) is 0 Å². The van der Waals surface area contributed by atoms with E-state index in [1.807, 2.05) is 30.3 Å². The lowest BCUT2D eigenvalue weighted by molar-refractivity contribution is -0.113. The van der Waals surface area contributed by atoms with Crippen molar-refractivity contribution in [2.45, 2.75) is 10.9 Å². The summed E-state index contributed by atoms with van der Waals surface area (Å²) in [5.41, 5.74) is 3.57. The summed E-state index contributed by atoms with van der Waals surface area (Å²) in [5, 5.41) is 14.8. The largest absolute Gasteiger partial charge is 0.350 e. The lowest BCUT2D eigenvalue weighted by atomic mass is 10.2. The topological polar surface area (TPSA) is 94.2 Å². The molecule has 0 atom stereocenters. The molecule has 0 saturated heterocycles. The Kier molecular flexibility index (Phi) is 4.99. The number of hydrogen-bond acceptors (Lipinski definition) is 7. The number of thioether (sulfide) groups is 1. The highest BCUT2D eigenvalue weighted by atomic mass is 32.2. The van der Waals surface area contributed by atoms with Crippen LogP contribution in [0.2, 0.25) is 0 Å². The monoisotopic (exact) mass is 398 g/mol. The molecule has 0 aliphatic heterocycles. The van der Waals surface area contributed by atoms with Crippen molar-refractivity contribution >= 4 is 40.3 Å². The number of fused-ring (bicyclic) bond motifs is 1. The first-order valence-electron chi connectivity index (χ1n) is 8.01. The van der Waals surface area contributed by atoms with Gasteiger partial charge in [0.2, 0.25) is 5.91 Å². The van der Waals surface area contributed by atoms with E-state index in [0.29, 0.717) is 17.9 Å². The fraction of sp³-hybridized carbons (Fsp3) is 0.118. The van der Waals surface area contributed by atoms with Gasteiger partial charge in [0, 0.05) is 11.9 Å². The molecule has 0 spiro atoms. The lowest BCUT2D eigenvalue weighted by Gasteiger charge is -2.07. The molecule has 1 amide bonds. The maximum Gasteiger partial charge on any atom is 0.350 e. The van der Waals surface area contributed by atoms with Crippen LogP contribution in [0, 0.1) is 0 Å². The summed E-state index contributed by atoms with van der Waals surface area (Å²) < 4.78 is 3.66. The second-order valence-electron chi connectivity index (χ2n) is 5.61. The Bertz CT molecular complexity index is 1140.